The van der Waals surface area contributed by atoms with Crippen LogP contribution >= 0.6 is 27.5 Å². The summed E-state index contributed by atoms with van der Waals surface area (Å²) in [6, 6.07) is 16.6. The van der Waals surface area contributed by atoms with E-state index in [9.17, 15) is 14.9 Å². The van der Waals surface area contributed by atoms with Gasteiger partial charge in [0.25, 0.3) is 5.91 Å². The average molecular weight is 516 g/mol. The number of esters is 1. The van der Waals surface area contributed by atoms with E-state index in [1.165, 1.54) is 12.3 Å². The van der Waals surface area contributed by atoms with Crippen molar-refractivity contribution in [1.82, 2.24) is 5.32 Å². The normalized spacial score (nSPS) is 10.8. The summed E-state index contributed by atoms with van der Waals surface area (Å²) < 4.78 is 16.4. The molecule has 32 heavy (non-hydrogen) atoms. The monoisotopic (exact) mass is 514 g/mol. The van der Waals surface area contributed by atoms with Crippen molar-refractivity contribution in [1.29, 1.82) is 5.26 Å². The molecule has 0 saturated carbocycles. The van der Waals surface area contributed by atoms with Crippen LogP contribution in [-0.2, 0) is 16.1 Å². The Kier molecular flexibility index (Phi) is 8.08. The number of furan rings is 1. The summed E-state index contributed by atoms with van der Waals surface area (Å²) in [7, 11) is 0. The molecule has 162 valence electrons. The molecule has 7 nitrogen and oxygen atoms in total. The van der Waals surface area contributed by atoms with E-state index >= 15 is 0 Å². The number of carbonyl (C=O) groups is 2. The third-order valence-corrected chi connectivity index (χ3v) is 4.89. The second kappa shape index (κ2) is 11.2. The molecule has 2 aromatic carbocycles. The van der Waals surface area contributed by atoms with Gasteiger partial charge in [0.1, 0.15) is 28.9 Å². The first kappa shape index (κ1) is 23.1. The maximum Gasteiger partial charge on any atom is 0.349 e. The topological polar surface area (TPSA) is 102 Å². The molecule has 3 rings (SSSR count). The van der Waals surface area contributed by atoms with E-state index in [4.69, 9.17) is 25.5 Å². The van der Waals surface area contributed by atoms with Crippen LogP contribution < -0.4 is 14.8 Å². The highest BCUT2D eigenvalue weighted by Crippen LogP contribution is 2.28. The van der Waals surface area contributed by atoms with Crippen LogP contribution in [0.2, 0.25) is 5.02 Å². The molecule has 1 amide bonds. The van der Waals surface area contributed by atoms with Crippen LogP contribution in [0.3, 0.4) is 0 Å². The zero-order valence-corrected chi connectivity index (χ0v) is 18.9. The number of hydrogen-bond donors (Lipinski definition) is 1. The van der Waals surface area contributed by atoms with Crippen LogP contribution in [0.5, 0.6) is 11.5 Å². The third-order valence-electron chi connectivity index (χ3n) is 4.03. The highest BCUT2D eigenvalue weighted by atomic mass is 79.9. The van der Waals surface area contributed by atoms with Crippen molar-refractivity contribution >= 4 is 45.5 Å². The van der Waals surface area contributed by atoms with E-state index in [0.29, 0.717) is 32.3 Å². The first-order valence-corrected chi connectivity index (χ1v) is 10.4. The zero-order valence-electron chi connectivity index (χ0n) is 16.5. The van der Waals surface area contributed by atoms with Gasteiger partial charge in [-0.1, -0.05) is 23.7 Å². The minimum atomic E-state index is -0.592. The number of benzene rings is 2. The van der Waals surface area contributed by atoms with Gasteiger partial charge >= 0.3 is 5.97 Å². The molecular formula is C23H16BrClN2O5. The minimum absolute atomic E-state index is 0.0664. The van der Waals surface area contributed by atoms with E-state index in [0.717, 1.165) is 0 Å². The molecule has 3 aromatic rings. The number of amides is 1. The summed E-state index contributed by atoms with van der Waals surface area (Å²) >= 11 is 9.17. The second-order valence-corrected chi connectivity index (χ2v) is 7.63. The standard InChI is InChI=1S/C23H16BrClN2O5/c24-20-11-17(25)5-8-21(20)31-14-22(28)32-18-6-3-15(4-7-18)10-16(12-26)23(29)27-13-19-2-1-9-30-19/h1-11H,13-14H2,(H,27,29)/b16-10+. The maximum atomic E-state index is 12.2. The molecule has 1 aromatic heterocycles. The smallest absolute Gasteiger partial charge is 0.349 e. The number of halogens is 2. The first-order valence-electron chi connectivity index (χ1n) is 9.25. The molecule has 9 heteroatoms. The molecular weight excluding hydrogens is 500 g/mol. The number of ether oxygens (including phenoxy) is 2. The van der Waals surface area contributed by atoms with Gasteiger partial charge in [-0.25, -0.2) is 4.79 Å². The molecule has 0 bridgehead atoms. The number of nitrogens with zero attached hydrogens (tertiary/aromatic N) is 1. The molecule has 1 N–H and O–H groups in total. The lowest BCUT2D eigenvalue weighted by Crippen LogP contribution is -2.23. The van der Waals surface area contributed by atoms with Crippen LogP contribution in [0.15, 0.2) is 75.3 Å². The predicted octanol–water partition coefficient (Wildman–Crippen LogP) is 4.90. The van der Waals surface area contributed by atoms with Gasteiger partial charge in [0.2, 0.25) is 0 Å². The van der Waals surface area contributed by atoms with Crippen molar-refractivity contribution in [3.8, 4) is 17.6 Å². The molecule has 0 fully saturated rings. The highest BCUT2D eigenvalue weighted by molar-refractivity contribution is 9.10. The summed E-state index contributed by atoms with van der Waals surface area (Å²) in [5.74, 6) is 0.220. The number of carbonyl (C=O) groups excluding carboxylic acids is 2. The van der Waals surface area contributed by atoms with Crippen LogP contribution in [0, 0.1) is 11.3 Å². The quantitative estimate of drug-likeness (QED) is 0.198. The maximum absolute atomic E-state index is 12.2. The summed E-state index contributed by atoms with van der Waals surface area (Å²) in [6.07, 6.45) is 2.93. The second-order valence-electron chi connectivity index (χ2n) is 6.34. The summed E-state index contributed by atoms with van der Waals surface area (Å²) in [5, 5.41) is 12.4. The number of hydrogen-bond acceptors (Lipinski definition) is 6. The predicted molar refractivity (Wildman–Crippen MR) is 121 cm³/mol. The average Bonchev–Trinajstić information content (AvgIpc) is 3.30. The van der Waals surface area contributed by atoms with E-state index in [1.807, 2.05) is 6.07 Å². The molecule has 0 aliphatic carbocycles. The number of nitrogens with one attached hydrogen (secondary N) is 1. The van der Waals surface area contributed by atoms with Gasteiger partial charge in [-0.05, 0) is 70.0 Å². The molecule has 0 saturated heterocycles. The lowest BCUT2D eigenvalue weighted by Gasteiger charge is -2.08. The van der Waals surface area contributed by atoms with Crippen LogP contribution in [0.4, 0.5) is 0 Å². The van der Waals surface area contributed by atoms with Gasteiger partial charge in [-0.15, -0.1) is 0 Å². The van der Waals surface area contributed by atoms with Gasteiger partial charge in [0.15, 0.2) is 6.61 Å². The Hall–Kier alpha value is -3.54. The van der Waals surface area contributed by atoms with Gasteiger partial charge in [-0.3, -0.25) is 4.79 Å². The van der Waals surface area contributed by atoms with Gasteiger partial charge in [0, 0.05) is 5.02 Å². The van der Waals surface area contributed by atoms with E-state index in [-0.39, 0.29) is 18.7 Å². The Morgan fingerprint density at radius 2 is 1.97 bits per heavy atom. The van der Waals surface area contributed by atoms with Gasteiger partial charge in [-0.2, -0.15) is 5.26 Å². The van der Waals surface area contributed by atoms with Gasteiger partial charge in [0.05, 0.1) is 17.3 Å². The minimum Gasteiger partial charge on any atom is -0.481 e. The summed E-state index contributed by atoms with van der Waals surface area (Å²) in [4.78, 5) is 24.2. The Labute approximate surface area is 197 Å². The van der Waals surface area contributed by atoms with E-state index in [2.05, 4.69) is 21.2 Å². The van der Waals surface area contributed by atoms with E-state index in [1.54, 1.807) is 54.6 Å². The van der Waals surface area contributed by atoms with Crippen molar-refractivity contribution in [2.45, 2.75) is 6.54 Å². The Morgan fingerprint density at radius 1 is 1.19 bits per heavy atom. The van der Waals surface area contributed by atoms with Crippen molar-refractivity contribution in [3.05, 3.63) is 87.3 Å². The molecule has 0 radical (unpaired) electrons. The molecule has 0 atom stereocenters. The Balaban J connectivity index is 1.54. The first-order chi connectivity index (χ1) is 15.4. The lowest BCUT2D eigenvalue weighted by molar-refractivity contribution is -0.136. The zero-order chi connectivity index (χ0) is 22.9. The van der Waals surface area contributed by atoms with Crippen LogP contribution in [0.1, 0.15) is 11.3 Å². The SMILES string of the molecule is N#C/C(=C\c1ccc(OC(=O)COc2ccc(Cl)cc2Br)cc1)C(=O)NCc1ccco1. The number of rotatable bonds is 8. The Morgan fingerprint density at radius 3 is 2.62 bits per heavy atom. The fourth-order valence-corrected chi connectivity index (χ4v) is 3.31. The molecule has 0 aliphatic rings. The summed E-state index contributed by atoms with van der Waals surface area (Å²) in [6.45, 7) is -0.120. The third kappa shape index (κ3) is 6.74. The van der Waals surface area contributed by atoms with Crippen molar-refractivity contribution in [2.24, 2.45) is 0 Å². The molecule has 0 aliphatic heterocycles. The molecule has 0 spiro atoms. The van der Waals surface area contributed by atoms with Crippen molar-refractivity contribution in [3.63, 3.8) is 0 Å². The van der Waals surface area contributed by atoms with Crippen LogP contribution in [-0.4, -0.2) is 18.5 Å². The summed E-state index contributed by atoms with van der Waals surface area (Å²) in [5.41, 5.74) is 0.527. The highest BCUT2D eigenvalue weighted by Gasteiger charge is 2.11. The fraction of sp³-hybridized carbons (Fsp3) is 0.0870. The largest absolute Gasteiger partial charge is 0.481 e. The van der Waals surface area contributed by atoms with Crippen molar-refractivity contribution in [2.75, 3.05) is 6.61 Å². The van der Waals surface area contributed by atoms with Crippen molar-refractivity contribution < 1.29 is 23.5 Å². The molecule has 1 heterocycles. The van der Waals surface area contributed by atoms with Crippen LogP contribution in [0.25, 0.3) is 6.08 Å². The Bertz CT molecular complexity index is 1170. The molecule has 0 unspecified atom stereocenters. The van der Waals surface area contributed by atoms with Gasteiger partial charge < -0.3 is 19.2 Å². The number of nitriles is 1. The van der Waals surface area contributed by atoms with E-state index < -0.39 is 11.9 Å². The fourth-order valence-electron chi connectivity index (χ4n) is 2.51. The lowest BCUT2D eigenvalue weighted by atomic mass is 10.1.